The molecule has 1 nitrogen and oxygen atoms in total. The molecule has 0 aliphatic heterocycles. The topological polar surface area (TPSA) is 17.1 Å². The van der Waals surface area contributed by atoms with Gasteiger partial charge in [0.25, 0.3) is 0 Å². The van der Waals surface area contributed by atoms with Gasteiger partial charge in [0, 0.05) is 12.3 Å². The Bertz CT molecular complexity index is 129. The van der Waals surface area contributed by atoms with E-state index < -0.39 is 0 Å². The fourth-order valence-corrected chi connectivity index (χ4v) is 1.75. The molecule has 0 aromatic rings. The largest absolute Gasteiger partial charge is 0.299 e. The lowest BCUT2D eigenvalue weighted by molar-refractivity contribution is -0.124. The van der Waals surface area contributed by atoms with E-state index in [1.165, 1.54) is 6.42 Å². The summed E-state index contributed by atoms with van der Waals surface area (Å²) in [7, 11) is 0. The van der Waals surface area contributed by atoms with Crippen molar-refractivity contribution >= 4 is 5.78 Å². The van der Waals surface area contributed by atoms with Gasteiger partial charge in [0.15, 0.2) is 0 Å². The lowest BCUT2D eigenvalue weighted by Gasteiger charge is -2.19. The molecule has 0 saturated heterocycles. The molecule has 0 amide bonds. The highest BCUT2D eigenvalue weighted by atomic mass is 16.1. The van der Waals surface area contributed by atoms with Crippen molar-refractivity contribution in [3.63, 3.8) is 0 Å². The zero-order valence-corrected chi connectivity index (χ0v) is 7.14. The maximum absolute atomic E-state index is 11.3. The molecule has 1 aliphatic carbocycles. The summed E-state index contributed by atoms with van der Waals surface area (Å²) in [5.41, 5.74) is 0. The molecule has 1 unspecified atom stereocenters. The molecule has 63 valence electrons. The van der Waals surface area contributed by atoms with Crippen LogP contribution in [0.5, 0.6) is 0 Å². The van der Waals surface area contributed by atoms with Crippen LogP contribution in [-0.4, -0.2) is 5.78 Å². The van der Waals surface area contributed by atoms with Crippen LogP contribution in [0, 0.1) is 12.8 Å². The fraction of sp³-hybridized carbons (Fsp3) is 0.800. The average Bonchev–Trinajstić information content (AvgIpc) is 2.03. The monoisotopic (exact) mass is 153 g/mol. The Morgan fingerprint density at radius 1 is 1.45 bits per heavy atom. The molecule has 1 heteroatoms. The van der Waals surface area contributed by atoms with Crippen LogP contribution in [0.3, 0.4) is 0 Å². The Morgan fingerprint density at radius 2 is 2.27 bits per heavy atom. The summed E-state index contributed by atoms with van der Waals surface area (Å²) >= 11 is 0. The average molecular weight is 153 g/mol. The van der Waals surface area contributed by atoms with Crippen LogP contribution in [0.15, 0.2) is 0 Å². The number of hydrogen-bond donors (Lipinski definition) is 0. The quantitative estimate of drug-likeness (QED) is 0.609. The minimum Gasteiger partial charge on any atom is -0.299 e. The molecule has 1 rings (SSSR count). The predicted octanol–water partition coefficient (Wildman–Crippen LogP) is 2.75. The molecule has 0 aromatic carbocycles. The highest BCUT2D eigenvalue weighted by Gasteiger charge is 2.20. The Morgan fingerprint density at radius 3 is 2.91 bits per heavy atom. The first-order valence-corrected chi connectivity index (χ1v) is 4.66. The molecule has 0 heterocycles. The third-order valence-corrected chi connectivity index (χ3v) is 2.48. The van der Waals surface area contributed by atoms with E-state index in [1.54, 1.807) is 0 Å². The molecule has 1 atom stereocenters. The summed E-state index contributed by atoms with van der Waals surface area (Å²) in [6, 6.07) is 0. The SMILES string of the molecule is [CH2]CCCC1CCCCC1=O. The molecule has 0 N–H and O–H groups in total. The van der Waals surface area contributed by atoms with Crippen molar-refractivity contribution in [1.29, 1.82) is 0 Å². The Balaban J connectivity index is 2.24. The van der Waals surface area contributed by atoms with Gasteiger partial charge in [0.1, 0.15) is 5.78 Å². The standard InChI is InChI=1S/C10H17O/c1-2-3-6-9-7-4-5-8-10(9)11/h9H,1-8H2. The van der Waals surface area contributed by atoms with Crippen molar-refractivity contribution in [3.05, 3.63) is 6.92 Å². The van der Waals surface area contributed by atoms with Gasteiger partial charge < -0.3 is 0 Å². The van der Waals surface area contributed by atoms with Gasteiger partial charge in [-0.05, 0) is 19.3 Å². The lowest BCUT2D eigenvalue weighted by Crippen LogP contribution is -2.18. The minimum atomic E-state index is 0.394. The minimum absolute atomic E-state index is 0.394. The van der Waals surface area contributed by atoms with Gasteiger partial charge in [-0.3, -0.25) is 4.79 Å². The van der Waals surface area contributed by atoms with Gasteiger partial charge in [0.2, 0.25) is 0 Å². The molecule has 1 radical (unpaired) electrons. The number of carbonyl (C=O) groups is 1. The fourth-order valence-electron chi connectivity index (χ4n) is 1.75. The van der Waals surface area contributed by atoms with Crippen LogP contribution in [0.25, 0.3) is 0 Å². The van der Waals surface area contributed by atoms with Crippen LogP contribution in [0.2, 0.25) is 0 Å². The van der Waals surface area contributed by atoms with E-state index in [0.29, 0.717) is 11.7 Å². The van der Waals surface area contributed by atoms with E-state index in [0.717, 1.165) is 38.5 Å². The second kappa shape index (κ2) is 4.53. The normalized spacial score (nSPS) is 25.5. The molecular formula is C10H17O. The molecular weight excluding hydrogens is 136 g/mol. The van der Waals surface area contributed by atoms with E-state index in [-0.39, 0.29) is 0 Å². The molecule has 11 heavy (non-hydrogen) atoms. The second-order valence-corrected chi connectivity index (χ2v) is 3.40. The van der Waals surface area contributed by atoms with E-state index in [4.69, 9.17) is 0 Å². The Kier molecular flexibility index (Phi) is 3.61. The third kappa shape index (κ3) is 2.64. The summed E-state index contributed by atoms with van der Waals surface area (Å²) in [6.45, 7) is 3.78. The van der Waals surface area contributed by atoms with Gasteiger partial charge in [0.05, 0.1) is 0 Å². The Labute approximate surface area is 69.2 Å². The molecule has 1 aliphatic rings. The number of rotatable bonds is 3. The first kappa shape index (κ1) is 8.76. The summed E-state index contributed by atoms with van der Waals surface area (Å²) in [6.07, 6.45) is 7.54. The predicted molar refractivity (Wildman–Crippen MR) is 46.2 cm³/mol. The number of hydrogen-bond acceptors (Lipinski definition) is 1. The van der Waals surface area contributed by atoms with Gasteiger partial charge in [-0.2, -0.15) is 0 Å². The van der Waals surface area contributed by atoms with Crippen LogP contribution in [-0.2, 0) is 4.79 Å². The first-order valence-electron chi connectivity index (χ1n) is 4.66. The van der Waals surface area contributed by atoms with Gasteiger partial charge >= 0.3 is 0 Å². The van der Waals surface area contributed by atoms with Crippen LogP contribution in [0.4, 0.5) is 0 Å². The van der Waals surface area contributed by atoms with E-state index >= 15 is 0 Å². The van der Waals surface area contributed by atoms with Crippen molar-refractivity contribution < 1.29 is 4.79 Å². The van der Waals surface area contributed by atoms with Gasteiger partial charge in [-0.15, -0.1) is 0 Å². The maximum atomic E-state index is 11.3. The van der Waals surface area contributed by atoms with Gasteiger partial charge in [-0.1, -0.05) is 26.2 Å². The summed E-state index contributed by atoms with van der Waals surface area (Å²) < 4.78 is 0. The number of carbonyl (C=O) groups excluding carboxylic acids is 1. The van der Waals surface area contributed by atoms with Crippen molar-refractivity contribution in [1.82, 2.24) is 0 Å². The van der Waals surface area contributed by atoms with Crippen molar-refractivity contribution in [3.8, 4) is 0 Å². The van der Waals surface area contributed by atoms with E-state index in [2.05, 4.69) is 6.92 Å². The van der Waals surface area contributed by atoms with Crippen LogP contribution >= 0.6 is 0 Å². The number of unbranched alkanes of at least 4 members (excludes halogenated alkanes) is 1. The number of Topliss-reactive ketones (excluding diaryl/α,β-unsaturated/α-hetero) is 1. The number of ketones is 1. The van der Waals surface area contributed by atoms with Crippen molar-refractivity contribution in [2.75, 3.05) is 0 Å². The molecule has 0 bridgehead atoms. The highest BCUT2D eigenvalue weighted by Crippen LogP contribution is 2.24. The second-order valence-electron chi connectivity index (χ2n) is 3.40. The molecule has 1 saturated carbocycles. The Hall–Kier alpha value is -0.330. The van der Waals surface area contributed by atoms with Crippen LogP contribution < -0.4 is 0 Å². The van der Waals surface area contributed by atoms with Crippen molar-refractivity contribution in [2.24, 2.45) is 5.92 Å². The van der Waals surface area contributed by atoms with E-state index in [9.17, 15) is 4.79 Å². The summed E-state index contributed by atoms with van der Waals surface area (Å²) in [5, 5.41) is 0. The maximum Gasteiger partial charge on any atom is 0.135 e. The molecule has 0 spiro atoms. The lowest BCUT2D eigenvalue weighted by atomic mass is 9.85. The van der Waals surface area contributed by atoms with Gasteiger partial charge in [-0.25, -0.2) is 0 Å². The zero-order chi connectivity index (χ0) is 8.10. The highest BCUT2D eigenvalue weighted by molar-refractivity contribution is 5.81. The smallest absolute Gasteiger partial charge is 0.135 e. The molecule has 1 fully saturated rings. The van der Waals surface area contributed by atoms with E-state index in [1.807, 2.05) is 0 Å². The third-order valence-electron chi connectivity index (χ3n) is 2.48. The van der Waals surface area contributed by atoms with Crippen molar-refractivity contribution in [2.45, 2.75) is 44.9 Å². The summed E-state index contributed by atoms with van der Waals surface area (Å²) in [4.78, 5) is 11.3. The first-order chi connectivity index (χ1) is 5.34. The summed E-state index contributed by atoms with van der Waals surface area (Å²) in [5.74, 6) is 0.898. The zero-order valence-electron chi connectivity index (χ0n) is 7.14. The molecule has 0 aromatic heterocycles. The van der Waals surface area contributed by atoms with Crippen LogP contribution in [0.1, 0.15) is 44.9 Å².